The number of amides is 5. The van der Waals surface area contributed by atoms with E-state index in [2.05, 4.69) is 36.6 Å². The summed E-state index contributed by atoms with van der Waals surface area (Å²) in [5.41, 5.74) is 7.05. The SMILES string of the molecule is Cc1ccccc1Nc1ncc(C(=O)NCCCCCCC(=O)N[C@H](C(=O)N2C[C@H](O)C[C@H]2C(=O)N[C@@H](C)c2ccc(-c3scnc3C)cc2)C(C)(C)C)cc1NC(=O)c1csc2ccccc12. The number of nitrogens with zero attached hydrogens (tertiary/aromatic N) is 3. The van der Waals surface area contributed by atoms with Crippen molar-refractivity contribution < 1.29 is 29.1 Å². The number of carbonyl (C=O) groups is 5. The van der Waals surface area contributed by atoms with Gasteiger partial charge in [0.2, 0.25) is 17.7 Å². The monoisotopic (exact) mass is 956 g/mol. The minimum Gasteiger partial charge on any atom is -0.391 e. The Morgan fingerprint density at radius 1 is 0.853 bits per heavy atom. The molecule has 0 aliphatic carbocycles. The van der Waals surface area contributed by atoms with Crippen molar-refractivity contribution in [1.29, 1.82) is 0 Å². The Bertz CT molecular complexity index is 2760. The van der Waals surface area contributed by atoms with Crippen LogP contribution in [0.5, 0.6) is 0 Å². The van der Waals surface area contributed by atoms with E-state index in [1.165, 1.54) is 22.4 Å². The number of hydrogen-bond acceptors (Lipinski definition) is 11. The van der Waals surface area contributed by atoms with Gasteiger partial charge in [-0.25, -0.2) is 9.97 Å². The van der Waals surface area contributed by atoms with Crippen molar-refractivity contribution >= 4 is 79.5 Å². The molecule has 68 heavy (non-hydrogen) atoms. The fourth-order valence-electron chi connectivity index (χ4n) is 8.28. The van der Waals surface area contributed by atoms with Crippen LogP contribution in [-0.2, 0) is 14.4 Å². The third-order valence-electron chi connectivity index (χ3n) is 12.2. The van der Waals surface area contributed by atoms with Gasteiger partial charge in [-0.15, -0.1) is 22.7 Å². The summed E-state index contributed by atoms with van der Waals surface area (Å²) in [4.78, 5) is 79.5. The van der Waals surface area contributed by atoms with Crippen LogP contribution in [0.4, 0.5) is 17.2 Å². The van der Waals surface area contributed by atoms with Crippen molar-refractivity contribution in [3.05, 3.63) is 124 Å². The van der Waals surface area contributed by atoms with Gasteiger partial charge in [0, 0.05) is 53.3 Å². The molecule has 1 saturated heterocycles. The number of aliphatic hydroxyl groups is 1. The zero-order chi connectivity index (χ0) is 48.5. The Morgan fingerprint density at radius 2 is 1.59 bits per heavy atom. The topological polar surface area (TPSA) is 195 Å². The molecule has 6 aromatic rings. The second-order valence-corrected chi connectivity index (χ2v) is 20.2. The lowest BCUT2D eigenvalue weighted by Crippen LogP contribution is -2.57. The number of para-hydroxylation sites is 1. The summed E-state index contributed by atoms with van der Waals surface area (Å²) in [5.74, 6) is -1.29. The molecule has 5 amide bonds. The summed E-state index contributed by atoms with van der Waals surface area (Å²) in [7, 11) is 0. The van der Waals surface area contributed by atoms with Crippen molar-refractivity contribution in [2.45, 2.75) is 104 Å². The van der Waals surface area contributed by atoms with E-state index in [-0.39, 0.29) is 49.1 Å². The van der Waals surface area contributed by atoms with Crippen molar-refractivity contribution in [3.8, 4) is 10.4 Å². The molecule has 4 heterocycles. The number of likely N-dealkylation sites (tertiary alicyclic amines) is 1. The molecule has 1 aliphatic rings. The molecule has 0 bridgehead atoms. The first kappa shape index (κ1) is 49.4. The predicted octanol–water partition coefficient (Wildman–Crippen LogP) is 9.08. The molecule has 16 heteroatoms. The number of nitrogens with one attached hydrogen (secondary N) is 5. The van der Waals surface area contributed by atoms with Crippen LogP contribution in [0, 0.1) is 19.3 Å². The highest BCUT2D eigenvalue weighted by Crippen LogP contribution is 2.32. The number of anilines is 3. The average molecular weight is 957 g/mol. The molecule has 7 rings (SSSR count). The second kappa shape index (κ2) is 22.1. The van der Waals surface area contributed by atoms with Crippen LogP contribution in [0.2, 0.25) is 0 Å². The van der Waals surface area contributed by atoms with Gasteiger partial charge in [-0.1, -0.05) is 94.3 Å². The van der Waals surface area contributed by atoms with Gasteiger partial charge >= 0.3 is 0 Å². The van der Waals surface area contributed by atoms with Crippen LogP contribution in [-0.4, -0.2) is 80.8 Å². The van der Waals surface area contributed by atoms with Crippen molar-refractivity contribution in [1.82, 2.24) is 30.8 Å². The summed E-state index contributed by atoms with van der Waals surface area (Å²) in [5, 5.41) is 28.6. The number of aryl methyl sites for hydroxylation is 2. The molecule has 0 spiro atoms. The highest BCUT2D eigenvalue weighted by Gasteiger charge is 2.44. The van der Waals surface area contributed by atoms with Gasteiger partial charge in [0.25, 0.3) is 11.8 Å². The van der Waals surface area contributed by atoms with E-state index in [0.29, 0.717) is 42.0 Å². The van der Waals surface area contributed by atoms with E-state index < -0.39 is 29.5 Å². The largest absolute Gasteiger partial charge is 0.391 e. The standard InChI is InChI=1S/C52H60N8O6S2/c1-31-15-10-12-17-40(31)57-47-41(58-49(64)39-29-67-43-18-13-11-16-38(39)43)25-36(27-54-47)48(63)53-24-14-8-7-9-19-44(62)59-46(52(4,5)6)51(66)60-28-37(61)26-42(60)50(65)56-32(2)34-20-22-35(23-21-34)45-33(3)55-30-68-45/h10-13,15-18,20-23,25,27,29-30,32,37,42,46,61H,7-9,14,19,24,26,28H2,1-6H3,(H,53,63)(H,54,57)(H,56,65)(H,58,64)(H,59,62)/t32-,37+,42-,46+/m0/s1. The van der Waals surface area contributed by atoms with Gasteiger partial charge < -0.3 is 36.6 Å². The summed E-state index contributed by atoms with van der Waals surface area (Å²) in [6, 6.07) is 22.8. The normalized spacial score (nSPS) is 15.7. The Morgan fingerprint density at radius 3 is 2.32 bits per heavy atom. The molecule has 356 valence electrons. The van der Waals surface area contributed by atoms with Gasteiger partial charge in [0.1, 0.15) is 12.1 Å². The van der Waals surface area contributed by atoms with E-state index >= 15 is 0 Å². The molecule has 3 aromatic carbocycles. The molecule has 3 aromatic heterocycles. The number of carbonyl (C=O) groups excluding carboxylic acids is 5. The number of thiophene rings is 1. The molecule has 14 nitrogen and oxygen atoms in total. The second-order valence-electron chi connectivity index (χ2n) is 18.5. The van der Waals surface area contributed by atoms with E-state index in [1.54, 1.807) is 17.4 Å². The molecule has 6 N–H and O–H groups in total. The van der Waals surface area contributed by atoms with Gasteiger partial charge in [-0.2, -0.15) is 0 Å². The molecule has 4 atom stereocenters. The maximum atomic E-state index is 14.1. The average Bonchev–Trinajstić information content (AvgIpc) is 4.06. The lowest BCUT2D eigenvalue weighted by atomic mass is 9.85. The highest BCUT2D eigenvalue weighted by atomic mass is 32.1. The molecule has 0 saturated carbocycles. The van der Waals surface area contributed by atoms with Crippen LogP contribution in [0.1, 0.15) is 110 Å². The number of rotatable bonds is 18. The molecular formula is C52H60N8O6S2. The van der Waals surface area contributed by atoms with Crippen molar-refractivity contribution in [2.24, 2.45) is 5.41 Å². The predicted molar refractivity (Wildman–Crippen MR) is 270 cm³/mol. The van der Waals surface area contributed by atoms with E-state index in [0.717, 1.165) is 55.9 Å². The first-order valence-corrected chi connectivity index (χ1v) is 24.8. The summed E-state index contributed by atoms with van der Waals surface area (Å²) in [6.07, 6.45) is 3.61. The Labute approximate surface area is 405 Å². The fourth-order valence-corrected chi connectivity index (χ4v) is 10.0. The van der Waals surface area contributed by atoms with E-state index in [9.17, 15) is 29.1 Å². The van der Waals surface area contributed by atoms with Crippen LogP contribution in [0.3, 0.4) is 0 Å². The Kier molecular flexibility index (Phi) is 16.0. The van der Waals surface area contributed by atoms with Crippen LogP contribution >= 0.6 is 22.7 Å². The zero-order valence-electron chi connectivity index (χ0n) is 39.4. The van der Waals surface area contributed by atoms with Crippen molar-refractivity contribution in [2.75, 3.05) is 23.7 Å². The maximum absolute atomic E-state index is 14.1. The fraction of sp³-hybridized carbons (Fsp3) is 0.365. The lowest BCUT2D eigenvalue weighted by molar-refractivity contribution is -0.144. The Hall–Kier alpha value is -6.49. The number of hydrogen-bond donors (Lipinski definition) is 6. The number of thiazole rings is 1. The third kappa shape index (κ3) is 12.1. The summed E-state index contributed by atoms with van der Waals surface area (Å²) >= 11 is 3.06. The number of pyridine rings is 1. The van der Waals surface area contributed by atoms with Gasteiger partial charge in [0.05, 0.1) is 45.0 Å². The van der Waals surface area contributed by atoms with Crippen LogP contribution in [0.15, 0.2) is 96.0 Å². The maximum Gasteiger partial charge on any atom is 0.257 e. The van der Waals surface area contributed by atoms with Crippen molar-refractivity contribution in [3.63, 3.8) is 0 Å². The molecule has 1 fully saturated rings. The molecular weight excluding hydrogens is 897 g/mol. The number of fused-ring (bicyclic) bond motifs is 1. The van der Waals surface area contributed by atoms with Gasteiger partial charge in [-0.05, 0) is 73.9 Å². The summed E-state index contributed by atoms with van der Waals surface area (Å²) < 4.78 is 0.996. The van der Waals surface area contributed by atoms with E-state index in [1.807, 2.05) is 125 Å². The number of unbranched alkanes of at least 4 members (excludes halogenated alkanes) is 3. The lowest BCUT2D eigenvalue weighted by Gasteiger charge is -2.35. The first-order valence-electron chi connectivity index (χ1n) is 23.0. The van der Waals surface area contributed by atoms with Crippen LogP contribution < -0.4 is 26.6 Å². The molecule has 1 aliphatic heterocycles. The molecule has 0 radical (unpaired) electrons. The van der Waals surface area contributed by atoms with E-state index in [4.69, 9.17) is 0 Å². The Balaban J connectivity index is 0.879. The smallest absolute Gasteiger partial charge is 0.257 e. The van der Waals surface area contributed by atoms with Gasteiger partial charge in [-0.3, -0.25) is 24.0 Å². The first-order chi connectivity index (χ1) is 32.6. The minimum absolute atomic E-state index is 0.00881. The minimum atomic E-state index is -0.919. The number of aromatic nitrogens is 2. The van der Waals surface area contributed by atoms with Crippen LogP contribution in [0.25, 0.3) is 20.5 Å². The quantitative estimate of drug-likeness (QED) is 0.0456. The van der Waals surface area contributed by atoms with Gasteiger partial charge in [0.15, 0.2) is 5.82 Å². The third-order valence-corrected chi connectivity index (χ3v) is 14.1. The number of benzene rings is 3. The molecule has 0 unspecified atom stereocenters. The highest BCUT2D eigenvalue weighted by molar-refractivity contribution is 7.17. The zero-order valence-corrected chi connectivity index (χ0v) is 41.0. The summed E-state index contributed by atoms with van der Waals surface area (Å²) in [6.45, 7) is 11.8. The number of aliphatic hydroxyl groups excluding tert-OH is 1. The number of β-amino-alcohol motifs (C(OH)–C–C–N with tert-alkyl or cyclic N) is 1.